The van der Waals surface area contributed by atoms with E-state index in [1.54, 1.807) is 7.11 Å². The second kappa shape index (κ2) is 11.9. The van der Waals surface area contributed by atoms with Gasteiger partial charge in [0, 0.05) is 26.4 Å². The Bertz CT molecular complexity index is 630. The SMILES string of the molecule is CNc1ccc(CO/C=C/[C@H](CC(C)C)C(C)C(OC)C2CCCN2C=O)cc1. The highest BCUT2D eigenvalue weighted by Crippen LogP contribution is 2.32. The molecule has 29 heavy (non-hydrogen) atoms. The van der Waals surface area contributed by atoms with Gasteiger partial charge < -0.3 is 19.7 Å². The summed E-state index contributed by atoms with van der Waals surface area (Å²) < 4.78 is 11.7. The Kier molecular flexibility index (Phi) is 9.52. The third-order valence-electron chi connectivity index (χ3n) is 5.98. The molecule has 0 bridgehead atoms. The van der Waals surface area contributed by atoms with Crippen LogP contribution in [0.5, 0.6) is 0 Å². The van der Waals surface area contributed by atoms with E-state index in [4.69, 9.17) is 9.47 Å². The minimum Gasteiger partial charge on any atom is -0.497 e. The number of carbonyl (C=O) groups is 1. The fourth-order valence-electron chi connectivity index (χ4n) is 4.35. The average Bonchev–Trinajstić information content (AvgIpc) is 3.19. The zero-order chi connectivity index (χ0) is 21.2. The van der Waals surface area contributed by atoms with Crippen molar-refractivity contribution in [3.05, 3.63) is 42.2 Å². The lowest BCUT2D eigenvalue weighted by Gasteiger charge is -2.36. The molecule has 4 atom stereocenters. The van der Waals surface area contributed by atoms with Crippen LogP contribution in [0.15, 0.2) is 36.6 Å². The van der Waals surface area contributed by atoms with Gasteiger partial charge in [0.25, 0.3) is 0 Å². The highest BCUT2D eigenvalue weighted by atomic mass is 16.5. The number of hydrogen-bond donors (Lipinski definition) is 1. The highest BCUT2D eigenvalue weighted by molar-refractivity contribution is 5.48. The standard InChI is InChI=1S/C24H38N2O3/c1-18(2)15-21(12-14-29-16-20-8-10-22(25-4)11-9-20)19(3)24(28-5)23-7-6-13-26(23)17-27/h8-12,14,17-19,21,23-25H,6-7,13,15-16H2,1-5H3/b14-12+/t19?,21-,23?,24?/m1/s1. The number of rotatable bonds is 12. The molecule has 0 aliphatic carbocycles. The number of nitrogens with zero attached hydrogens (tertiary/aromatic N) is 1. The van der Waals surface area contributed by atoms with E-state index in [-0.39, 0.29) is 12.1 Å². The molecule has 1 N–H and O–H groups in total. The van der Waals surface area contributed by atoms with Crippen LogP contribution in [0.2, 0.25) is 0 Å². The van der Waals surface area contributed by atoms with Gasteiger partial charge in [-0.05, 0) is 60.8 Å². The number of ether oxygens (including phenoxy) is 2. The van der Waals surface area contributed by atoms with E-state index in [0.29, 0.717) is 24.4 Å². The van der Waals surface area contributed by atoms with Gasteiger partial charge in [0.05, 0.1) is 18.4 Å². The maximum atomic E-state index is 11.4. The van der Waals surface area contributed by atoms with Crippen molar-refractivity contribution in [1.29, 1.82) is 0 Å². The first-order valence-corrected chi connectivity index (χ1v) is 10.8. The molecular formula is C24H38N2O3. The van der Waals surface area contributed by atoms with Crippen LogP contribution in [-0.2, 0) is 20.9 Å². The van der Waals surface area contributed by atoms with Gasteiger partial charge in [-0.1, -0.05) is 32.9 Å². The van der Waals surface area contributed by atoms with Crippen molar-refractivity contribution in [2.75, 3.05) is 26.0 Å². The molecule has 1 fully saturated rings. The molecule has 162 valence electrons. The van der Waals surface area contributed by atoms with Gasteiger partial charge in [-0.3, -0.25) is 4.79 Å². The summed E-state index contributed by atoms with van der Waals surface area (Å²) in [5, 5.41) is 3.12. The molecule has 1 aromatic carbocycles. The van der Waals surface area contributed by atoms with E-state index in [0.717, 1.165) is 43.5 Å². The molecule has 0 aromatic heterocycles. The van der Waals surface area contributed by atoms with Crippen LogP contribution in [0, 0.1) is 17.8 Å². The third kappa shape index (κ3) is 6.77. The monoisotopic (exact) mass is 402 g/mol. The lowest BCUT2D eigenvalue weighted by molar-refractivity contribution is -0.122. The van der Waals surface area contributed by atoms with Gasteiger partial charge in [0.2, 0.25) is 6.41 Å². The summed E-state index contributed by atoms with van der Waals surface area (Å²) >= 11 is 0. The van der Waals surface area contributed by atoms with E-state index >= 15 is 0 Å². The molecule has 1 amide bonds. The van der Waals surface area contributed by atoms with E-state index in [1.807, 2.05) is 18.2 Å². The molecule has 1 aliphatic rings. The molecule has 2 rings (SSSR count). The topological polar surface area (TPSA) is 50.8 Å². The van der Waals surface area contributed by atoms with Crippen LogP contribution in [0.1, 0.15) is 45.6 Å². The number of anilines is 1. The number of methoxy groups -OCH3 is 1. The Labute approximate surface area is 176 Å². The summed E-state index contributed by atoms with van der Waals surface area (Å²) in [5.41, 5.74) is 2.24. The van der Waals surface area contributed by atoms with Gasteiger partial charge in [0.15, 0.2) is 0 Å². The minimum atomic E-state index is 0.0326. The molecule has 5 heteroatoms. The smallest absolute Gasteiger partial charge is 0.210 e. The van der Waals surface area contributed by atoms with Crippen molar-refractivity contribution < 1.29 is 14.3 Å². The van der Waals surface area contributed by atoms with Crippen molar-refractivity contribution in [3.63, 3.8) is 0 Å². The zero-order valence-electron chi connectivity index (χ0n) is 18.6. The molecule has 5 nitrogen and oxygen atoms in total. The maximum absolute atomic E-state index is 11.4. The molecule has 3 unspecified atom stereocenters. The van der Waals surface area contributed by atoms with Crippen molar-refractivity contribution in [2.24, 2.45) is 17.8 Å². The van der Waals surface area contributed by atoms with Gasteiger partial charge in [0.1, 0.15) is 6.61 Å². The average molecular weight is 403 g/mol. The summed E-state index contributed by atoms with van der Waals surface area (Å²) in [6.45, 7) is 8.11. The Morgan fingerprint density at radius 2 is 1.97 bits per heavy atom. The number of hydrogen-bond acceptors (Lipinski definition) is 4. The van der Waals surface area contributed by atoms with Crippen LogP contribution in [0.3, 0.4) is 0 Å². The molecule has 1 aromatic rings. The lowest BCUT2D eigenvalue weighted by Crippen LogP contribution is -2.44. The number of carbonyl (C=O) groups excluding carboxylic acids is 1. The van der Waals surface area contributed by atoms with E-state index in [9.17, 15) is 4.79 Å². The number of allylic oxidation sites excluding steroid dienone is 1. The van der Waals surface area contributed by atoms with E-state index in [1.165, 1.54) is 0 Å². The van der Waals surface area contributed by atoms with Crippen molar-refractivity contribution in [1.82, 2.24) is 4.90 Å². The van der Waals surface area contributed by atoms with Gasteiger partial charge in [-0.25, -0.2) is 0 Å². The molecule has 0 saturated carbocycles. The molecule has 0 spiro atoms. The van der Waals surface area contributed by atoms with Gasteiger partial charge >= 0.3 is 0 Å². The number of amides is 1. The van der Waals surface area contributed by atoms with Crippen LogP contribution in [-0.4, -0.2) is 44.2 Å². The Morgan fingerprint density at radius 1 is 1.24 bits per heavy atom. The zero-order valence-corrected chi connectivity index (χ0v) is 18.6. The largest absolute Gasteiger partial charge is 0.497 e. The predicted octanol–water partition coefficient (Wildman–Crippen LogP) is 4.69. The van der Waals surface area contributed by atoms with Crippen LogP contribution in [0.4, 0.5) is 5.69 Å². The predicted molar refractivity (Wildman–Crippen MR) is 119 cm³/mol. The third-order valence-corrected chi connectivity index (χ3v) is 5.98. The lowest BCUT2D eigenvalue weighted by atomic mass is 9.80. The number of nitrogens with one attached hydrogen (secondary N) is 1. The summed E-state index contributed by atoms with van der Waals surface area (Å²) in [4.78, 5) is 13.3. The molecule has 0 radical (unpaired) electrons. The Morgan fingerprint density at radius 3 is 2.55 bits per heavy atom. The first-order chi connectivity index (χ1) is 14.0. The van der Waals surface area contributed by atoms with E-state index < -0.39 is 0 Å². The Hall–Kier alpha value is -2.01. The summed E-state index contributed by atoms with van der Waals surface area (Å²) in [6.07, 6.45) is 8.16. The van der Waals surface area contributed by atoms with Crippen molar-refractivity contribution in [3.8, 4) is 0 Å². The number of likely N-dealkylation sites (tertiary alicyclic amines) is 1. The first kappa shape index (κ1) is 23.3. The number of benzene rings is 1. The fourth-order valence-corrected chi connectivity index (χ4v) is 4.35. The van der Waals surface area contributed by atoms with Crippen LogP contribution < -0.4 is 5.32 Å². The maximum Gasteiger partial charge on any atom is 0.210 e. The molecular weight excluding hydrogens is 364 g/mol. The minimum absolute atomic E-state index is 0.0326. The van der Waals surface area contributed by atoms with Crippen LogP contribution >= 0.6 is 0 Å². The first-order valence-electron chi connectivity index (χ1n) is 10.8. The second-order valence-corrected chi connectivity index (χ2v) is 8.49. The summed E-state index contributed by atoms with van der Waals surface area (Å²) in [6, 6.07) is 8.42. The summed E-state index contributed by atoms with van der Waals surface area (Å²) in [7, 11) is 3.68. The second-order valence-electron chi connectivity index (χ2n) is 8.49. The van der Waals surface area contributed by atoms with E-state index in [2.05, 4.69) is 56.4 Å². The quantitative estimate of drug-likeness (QED) is 0.407. The Balaban J connectivity index is 2.00. The molecule has 1 saturated heterocycles. The normalized spacial score (nSPS) is 20.1. The van der Waals surface area contributed by atoms with Crippen LogP contribution in [0.25, 0.3) is 0 Å². The van der Waals surface area contributed by atoms with Gasteiger partial charge in [-0.15, -0.1) is 0 Å². The highest BCUT2D eigenvalue weighted by Gasteiger charge is 2.36. The molecule has 1 aliphatic heterocycles. The van der Waals surface area contributed by atoms with Crippen molar-refractivity contribution >= 4 is 12.1 Å². The fraction of sp³-hybridized carbons (Fsp3) is 0.625. The molecule has 1 heterocycles. The summed E-state index contributed by atoms with van der Waals surface area (Å²) in [5.74, 6) is 1.20. The van der Waals surface area contributed by atoms with Crippen molar-refractivity contribution in [2.45, 2.75) is 58.8 Å². The van der Waals surface area contributed by atoms with Gasteiger partial charge in [-0.2, -0.15) is 0 Å².